The van der Waals surface area contributed by atoms with Gasteiger partial charge in [-0.15, -0.1) is 0 Å². The molecule has 1 fully saturated rings. The van der Waals surface area contributed by atoms with Crippen LogP contribution in [-0.4, -0.2) is 43.7 Å². The van der Waals surface area contributed by atoms with Gasteiger partial charge in [0.2, 0.25) is 5.91 Å². The first kappa shape index (κ1) is 29.4. The smallest absolute Gasteiger partial charge is 0.388 e. The molecule has 0 spiro atoms. The summed E-state index contributed by atoms with van der Waals surface area (Å²) in [7, 11) is 3.25. The second kappa shape index (κ2) is 14.0. The highest BCUT2D eigenvalue weighted by Crippen LogP contribution is 2.38. The fraction of sp³-hybridized carbons (Fsp3) is 0.731. The van der Waals surface area contributed by atoms with Gasteiger partial charge in [-0.3, -0.25) is 4.79 Å². The summed E-state index contributed by atoms with van der Waals surface area (Å²) in [6.07, 6.45) is 1.22. The Kier molecular flexibility index (Phi) is 12.4. The van der Waals surface area contributed by atoms with Gasteiger partial charge in [0.15, 0.2) is 0 Å². The third-order valence-electron chi connectivity index (χ3n) is 6.21. The maximum absolute atomic E-state index is 13.1. The molecular formula is C26H43F3N2O2. The minimum atomic E-state index is -4.36. The third kappa shape index (κ3) is 8.60. The summed E-state index contributed by atoms with van der Waals surface area (Å²) in [6.45, 7) is 11.0. The van der Waals surface area contributed by atoms with E-state index in [0.717, 1.165) is 37.3 Å². The zero-order chi connectivity index (χ0) is 25.2. The molecule has 1 aromatic rings. The number of amides is 1. The maximum atomic E-state index is 13.1. The zero-order valence-electron chi connectivity index (χ0n) is 21.4. The highest BCUT2D eigenvalue weighted by molar-refractivity contribution is 5.80. The summed E-state index contributed by atoms with van der Waals surface area (Å²) < 4.78 is 43.5. The van der Waals surface area contributed by atoms with Gasteiger partial charge in [-0.1, -0.05) is 33.3 Å². The number of carbonyl (C=O) groups is 1. The monoisotopic (exact) mass is 472 g/mol. The SMILES string of the molecule is CCC.CCC(C)NC1CCC(C(=O)N2CCc3ccc(C(F)(F)F)cc3C2C)C1.COC. The van der Waals surface area contributed by atoms with Gasteiger partial charge in [0, 0.05) is 38.8 Å². The molecule has 1 aliphatic heterocycles. The Morgan fingerprint density at radius 2 is 1.82 bits per heavy atom. The molecule has 4 unspecified atom stereocenters. The van der Waals surface area contributed by atoms with Gasteiger partial charge in [0.05, 0.1) is 11.6 Å². The van der Waals surface area contributed by atoms with Crippen LogP contribution in [0.1, 0.15) is 89.5 Å². The zero-order valence-corrected chi connectivity index (χ0v) is 21.4. The number of alkyl halides is 3. The number of halogens is 3. The number of methoxy groups -OCH3 is 1. The van der Waals surface area contributed by atoms with E-state index in [1.807, 2.05) is 6.92 Å². The molecule has 0 radical (unpaired) electrons. The van der Waals surface area contributed by atoms with Crippen molar-refractivity contribution in [1.29, 1.82) is 0 Å². The Balaban J connectivity index is 0.000000819. The molecule has 1 aliphatic carbocycles. The lowest BCUT2D eigenvalue weighted by Crippen LogP contribution is -2.42. The summed E-state index contributed by atoms with van der Waals surface area (Å²) in [5.74, 6) is 0.0698. The van der Waals surface area contributed by atoms with E-state index >= 15 is 0 Å². The number of nitrogens with zero attached hydrogens (tertiary/aromatic N) is 1. The number of hydrogen-bond acceptors (Lipinski definition) is 3. The Bertz CT molecular complexity index is 722. The molecule has 1 aromatic carbocycles. The largest absolute Gasteiger partial charge is 0.416 e. The molecule has 1 amide bonds. The molecule has 1 heterocycles. The number of fused-ring (bicyclic) bond motifs is 1. The lowest BCUT2D eigenvalue weighted by atomic mass is 9.90. The van der Waals surface area contributed by atoms with E-state index < -0.39 is 11.7 Å². The Morgan fingerprint density at radius 1 is 1.21 bits per heavy atom. The third-order valence-corrected chi connectivity index (χ3v) is 6.21. The predicted molar refractivity (Wildman–Crippen MR) is 128 cm³/mol. The Morgan fingerprint density at radius 3 is 2.36 bits per heavy atom. The molecule has 0 aromatic heterocycles. The van der Waals surface area contributed by atoms with Crippen molar-refractivity contribution in [2.75, 3.05) is 20.8 Å². The van der Waals surface area contributed by atoms with E-state index in [9.17, 15) is 18.0 Å². The van der Waals surface area contributed by atoms with Crippen LogP contribution >= 0.6 is 0 Å². The fourth-order valence-electron chi connectivity index (χ4n) is 4.40. The Labute approximate surface area is 198 Å². The topological polar surface area (TPSA) is 41.6 Å². The minimum absolute atomic E-state index is 0.0265. The van der Waals surface area contributed by atoms with Gasteiger partial charge in [0.1, 0.15) is 0 Å². The first-order valence-corrected chi connectivity index (χ1v) is 12.2. The van der Waals surface area contributed by atoms with Crippen molar-refractivity contribution in [2.45, 2.75) is 97.4 Å². The van der Waals surface area contributed by atoms with Gasteiger partial charge in [-0.2, -0.15) is 13.2 Å². The number of benzene rings is 1. The molecule has 7 heteroatoms. The number of carbonyl (C=O) groups excluding carboxylic acids is 1. The van der Waals surface area contributed by atoms with Crippen LogP contribution < -0.4 is 5.32 Å². The van der Waals surface area contributed by atoms with E-state index in [4.69, 9.17) is 0 Å². The minimum Gasteiger partial charge on any atom is -0.388 e. The summed E-state index contributed by atoms with van der Waals surface area (Å²) in [6, 6.07) is 4.42. The second-order valence-corrected chi connectivity index (χ2v) is 9.17. The van der Waals surface area contributed by atoms with Crippen LogP contribution in [0.2, 0.25) is 0 Å². The molecule has 0 saturated heterocycles. The van der Waals surface area contributed by atoms with Crippen LogP contribution in [0.5, 0.6) is 0 Å². The van der Waals surface area contributed by atoms with Crippen LogP contribution in [0, 0.1) is 5.92 Å². The molecule has 190 valence electrons. The summed E-state index contributed by atoms with van der Waals surface area (Å²) in [5.41, 5.74) is 0.917. The second-order valence-electron chi connectivity index (χ2n) is 9.17. The van der Waals surface area contributed by atoms with Crippen LogP contribution in [-0.2, 0) is 22.1 Å². The van der Waals surface area contributed by atoms with Crippen molar-refractivity contribution < 1.29 is 22.7 Å². The van der Waals surface area contributed by atoms with Crippen molar-refractivity contribution in [3.05, 3.63) is 34.9 Å². The number of hydrogen-bond donors (Lipinski definition) is 1. The molecule has 33 heavy (non-hydrogen) atoms. The van der Waals surface area contributed by atoms with Crippen LogP contribution in [0.3, 0.4) is 0 Å². The average molecular weight is 473 g/mol. The van der Waals surface area contributed by atoms with Crippen molar-refractivity contribution in [1.82, 2.24) is 10.2 Å². The quantitative estimate of drug-likeness (QED) is 0.552. The lowest BCUT2D eigenvalue weighted by Gasteiger charge is -2.37. The van der Waals surface area contributed by atoms with E-state index in [0.29, 0.717) is 30.6 Å². The van der Waals surface area contributed by atoms with E-state index in [1.54, 1.807) is 25.2 Å². The standard InChI is InChI=1S/C21H29F3N2O.C3H8.C2H6O/c1-4-13(2)25-18-8-6-16(11-18)20(27)26-10-9-15-5-7-17(21(22,23)24)12-19(15)14(26)3;2*1-3-2/h5,7,12-14,16,18,25H,4,6,8-11H2,1-3H3;3H2,1-2H3;1-2H3. The number of ether oxygens (including phenoxy) is 1. The van der Waals surface area contributed by atoms with Crippen LogP contribution in [0.4, 0.5) is 13.2 Å². The molecule has 4 atom stereocenters. The highest BCUT2D eigenvalue weighted by atomic mass is 19.4. The van der Waals surface area contributed by atoms with Gasteiger partial charge in [-0.25, -0.2) is 0 Å². The summed E-state index contributed by atoms with van der Waals surface area (Å²) >= 11 is 0. The van der Waals surface area contributed by atoms with Crippen molar-refractivity contribution in [3.63, 3.8) is 0 Å². The van der Waals surface area contributed by atoms with E-state index in [1.165, 1.54) is 12.5 Å². The summed E-state index contributed by atoms with van der Waals surface area (Å²) in [5, 5.41) is 3.57. The lowest BCUT2D eigenvalue weighted by molar-refractivity contribution is -0.138. The van der Waals surface area contributed by atoms with E-state index in [-0.39, 0.29) is 17.9 Å². The molecule has 1 saturated carbocycles. The normalized spacial score (nSPS) is 23.0. The first-order valence-electron chi connectivity index (χ1n) is 12.2. The molecule has 0 bridgehead atoms. The van der Waals surface area contributed by atoms with Crippen LogP contribution in [0.15, 0.2) is 18.2 Å². The Hall–Kier alpha value is -1.60. The molecule has 3 rings (SSSR count). The number of nitrogens with one attached hydrogen (secondary N) is 1. The van der Waals surface area contributed by atoms with Crippen molar-refractivity contribution >= 4 is 5.91 Å². The van der Waals surface area contributed by atoms with Gasteiger partial charge < -0.3 is 15.0 Å². The fourth-order valence-corrected chi connectivity index (χ4v) is 4.40. The average Bonchev–Trinajstić information content (AvgIpc) is 3.22. The van der Waals surface area contributed by atoms with Crippen molar-refractivity contribution in [2.24, 2.45) is 5.92 Å². The van der Waals surface area contributed by atoms with Crippen molar-refractivity contribution in [3.8, 4) is 0 Å². The van der Waals surface area contributed by atoms with E-state index in [2.05, 4.69) is 37.7 Å². The van der Waals surface area contributed by atoms with Gasteiger partial charge in [-0.05, 0) is 69.2 Å². The first-order chi connectivity index (χ1) is 15.5. The molecular weight excluding hydrogens is 429 g/mol. The molecule has 4 nitrogen and oxygen atoms in total. The van der Waals surface area contributed by atoms with Gasteiger partial charge in [0.25, 0.3) is 0 Å². The van der Waals surface area contributed by atoms with Crippen LogP contribution in [0.25, 0.3) is 0 Å². The predicted octanol–water partition coefficient (Wildman–Crippen LogP) is 6.39. The van der Waals surface area contributed by atoms with Gasteiger partial charge >= 0.3 is 6.18 Å². The number of rotatable bonds is 4. The maximum Gasteiger partial charge on any atom is 0.416 e. The highest BCUT2D eigenvalue weighted by Gasteiger charge is 2.38. The molecule has 1 N–H and O–H groups in total. The molecule has 2 aliphatic rings. The summed E-state index contributed by atoms with van der Waals surface area (Å²) in [4.78, 5) is 14.9.